The molecule has 3 rings (SSSR count). The van der Waals surface area contributed by atoms with E-state index in [1.165, 1.54) is 0 Å². The molecule has 5 nitrogen and oxygen atoms in total. The number of rotatable bonds is 2. The molecule has 0 radical (unpaired) electrons. The van der Waals surface area contributed by atoms with Crippen molar-refractivity contribution in [3.05, 3.63) is 23.8 Å². The van der Waals surface area contributed by atoms with Gasteiger partial charge in [-0.05, 0) is 6.07 Å². The Kier molecular flexibility index (Phi) is 3.59. The summed E-state index contributed by atoms with van der Waals surface area (Å²) in [6.45, 7) is 3.88. The monoisotopic (exact) mass is 264 g/mol. The third kappa shape index (κ3) is 2.29. The third-order valence-corrected chi connectivity index (χ3v) is 3.81. The van der Waals surface area contributed by atoms with Gasteiger partial charge in [0, 0.05) is 18.7 Å². The van der Waals surface area contributed by atoms with Crippen LogP contribution < -0.4 is 15.2 Å². The number of ether oxygens (including phenoxy) is 3. The van der Waals surface area contributed by atoms with Crippen molar-refractivity contribution < 1.29 is 14.2 Å². The van der Waals surface area contributed by atoms with Gasteiger partial charge in [-0.25, -0.2) is 0 Å². The topological polar surface area (TPSA) is 57.0 Å². The number of morpholine rings is 1. The second-order valence-electron chi connectivity index (χ2n) is 4.95. The molecule has 2 aliphatic heterocycles. The molecule has 0 saturated carbocycles. The first kappa shape index (κ1) is 12.7. The van der Waals surface area contributed by atoms with Crippen molar-refractivity contribution in [2.24, 2.45) is 5.73 Å². The van der Waals surface area contributed by atoms with Crippen molar-refractivity contribution in [2.45, 2.75) is 12.1 Å². The molecule has 0 bridgehead atoms. The number of benzene rings is 1. The molecule has 1 aromatic rings. The Bertz CT molecular complexity index is 446. The zero-order valence-electron chi connectivity index (χ0n) is 11.2. The average molecular weight is 264 g/mol. The SMILES string of the molecule is COc1cccc2c1OCC(N)C2N1CCOCC1. The van der Waals surface area contributed by atoms with E-state index in [1.54, 1.807) is 7.11 Å². The molecule has 1 aromatic carbocycles. The Morgan fingerprint density at radius 1 is 1.32 bits per heavy atom. The first-order valence-electron chi connectivity index (χ1n) is 6.68. The van der Waals surface area contributed by atoms with Crippen molar-refractivity contribution in [1.29, 1.82) is 0 Å². The van der Waals surface area contributed by atoms with Crippen molar-refractivity contribution in [2.75, 3.05) is 40.0 Å². The van der Waals surface area contributed by atoms with Crippen molar-refractivity contribution in [1.82, 2.24) is 4.90 Å². The van der Waals surface area contributed by atoms with Crippen LogP contribution in [0.3, 0.4) is 0 Å². The molecular formula is C14H20N2O3. The molecule has 0 spiro atoms. The van der Waals surface area contributed by atoms with Gasteiger partial charge < -0.3 is 19.9 Å². The Morgan fingerprint density at radius 2 is 2.11 bits per heavy atom. The summed E-state index contributed by atoms with van der Waals surface area (Å²) >= 11 is 0. The summed E-state index contributed by atoms with van der Waals surface area (Å²) in [7, 11) is 1.66. The molecule has 2 aliphatic rings. The summed E-state index contributed by atoms with van der Waals surface area (Å²) in [5, 5.41) is 0. The number of fused-ring (bicyclic) bond motifs is 1. The summed E-state index contributed by atoms with van der Waals surface area (Å²) in [5.74, 6) is 1.62. The van der Waals surface area contributed by atoms with E-state index < -0.39 is 0 Å². The van der Waals surface area contributed by atoms with Gasteiger partial charge in [0.1, 0.15) is 6.61 Å². The van der Waals surface area contributed by atoms with Gasteiger partial charge in [-0.1, -0.05) is 12.1 Å². The highest BCUT2D eigenvalue weighted by atomic mass is 16.5. The normalized spacial score (nSPS) is 27.5. The molecule has 5 heteroatoms. The van der Waals surface area contributed by atoms with E-state index in [9.17, 15) is 0 Å². The molecule has 2 heterocycles. The number of nitrogens with zero attached hydrogens (tertiary/aromatic N) is 1. The summed E-state index contributed by atoms with van der Waals surface area (Å²) in [6.07, 6.45) is 0. The van der Waals surface area contributed by atoms with Gasteiger partial charge in [0.25, 0.3) is 0 Å². The molecule has 104 valence electrons. The minimum atomic E-state index is -0.0160. The van der Waals surface area contributed by atoms with Crippen LogP contribution in [0.15, 0.2) is 18.2 Å². The van der Waals surface area contributed by atoms with Crippen LogP contribution in [0.4, 0.5) is 0 Å². The van der Waals surface area contributed by atoms with Crippen LogP contribution in [0.5, 0.6) is 11.5 Å². The molecule has 1 saturated heterocycles. The summed E-state index contributed by atoms with van der Waals surface area (Å²) in [6, 6.07) is 6.16. The minimum absolute atomic E-state index is 0.0160. The van der Waals surface area contributed by atoms with Gasteiger partial charge in [-0.15, -0.1) is 0 Å². The third-order valence-electron chi connectivity index (χ3n) is 3.81. The van der Waals surface area contributed by atoms with Gasteiger partial charge in [0.15, 0.2) is 11.5 Å². The molecule has 1 fully saturated rings. The quantitative estimate of drug-likeness (QED) is 0.856. The molecule has 2 unspecified atom stereocenters. The van der Waals surface area contributed by atoms with Crippen LogP contribution in [0.1, 0.15) is 11.6 Å². The van der Waals surface area contributed by atoms with Crippen molar-refractivity contribution in [3.63, 3.8) is 0 Å². The first-order valence-corrected chi connectivity index (χ1v) is 6.68. The van der Waals surface area contributed by atoms with Gasteiger partial charge in [-0.2, -0.15) is 0 Å². The number of hydrogen-bond donors (Lipinski definition) is 1. The molecule has 0 aliphatic carbocycles. The van der Waals surface area contributed by atoms with Crippen LogP contribution in [-0.4, -0.2) is 51.0 Å². The standard InChI is InChI=1S/C14H20N2O3/c1-17-12-4-2-3-10-13(11(15)9-19-14(10)12)16-5-7-18-8-6-16/h2-4,11,13H,5-9,15H2,1H3. The zero-order chi connectivity index (χ0) is 13.2. The predicted octanol–water partition coefficient (Wildman–Crippen LogP) is 0.788. The Hall–Kier alpha value is -1.30. The van der Waals surface area contributed by atoms with Crippen LogP contribution >= 0.6 is 0 Å². The van der Waals surface area contributed by atoms with E-state index in [4.69, 9.17) is 19.9 Å². The molecular weight excluding hydrogens is 244 g/mol. The molecule has 0 aromatic heterocycles. The molecule has 0 amide bonds. The van der Waals surface area contributed by atoms with E-state index >= 15 is 0 Å². The van der Waals surface area contributed by atoms with Gasteiger partial charge in [0.05, 0.1) is 32.4 Å². The molecule has 2 N–H and O–H groups in total. The minimum Gasteiger partial charge on any atom is -0.493 e. The van der Waals surface area contributed by atoms with Crippen molar-refractivity contribution >= 4 is 0 Å². The van der Waals surface area contributed by atoms with Crippen LogP contribution in [-0.2, 0) is 4.74 Å². The highest BCUT2D eigenvalue weighted by Crippen LogP contribution is 2.41. The summed E-state index contributed by atoms with van der Waals surface area (Å²) in [5.41, 5.74) is 7.39. The molecule has 19 heavy (non-hydrogen) atoms. The Balaban J connectivity index is 1.96. The summed E-state index contributed by atoms with van der Waals surface area (Å²) < 4.78 is 16.6. The fourth-order valence-corrected chi connectivity index (χ4v) is 2.91. The van der Waals surface area contributed by atoms with Gasteiger partial charge >= 0.3 is 0 Å². The number of hydrogen-bond acceptors (Lipinski definition) is 5. The Morgan fingerprint density at radius 3 is 2.84 bits per heavy atom. The second kappa shape index (κ2) is 5.36. The van der Waals surface area contributed by atoms with E-state index in [1.807, 2.05) is 12.1 Å². The highest BCUT2D eigenvalue weighted by Gasteiger charge is 2.35. The molecule has 2 atom stereocenters. The maximum atomic E-state index is 6.27. The van der Waals surface area contributed by atoms with Gasteiger partial charge in [-0.3, -0.25) is 4.90 Å². The largest absolute Gasteiger partial charge is 0.493 e. The lowest BCUT2D eigenvalue weighted by atomic mass is 9.94. The zero-order valence-corrected chi connectivity index (χ0v) is 11.2. The van der Waals surface area contributed by atoms with Crippen LogP contribution in [0, 0.1) is 0 Å². The predicted molar refractivity (Wildman–Crippen MR) is 71.6 cm³/mol. The lowest BCUT2D eigenvalue weighted by Gasteiger charge is -2.41. The van der Waals surface area contributed by atoms with E-state index in [-0.39, 0.29) is 12.1 Å². The second-order valence-corrected chi connectivity index (χ2v) is 4.95. The van der Waals surface area contributed by atoms with Gasteiger partial charge in [0.2, 0.25) is 0 Å². The number of para-hydroxylation sites is 1. The fraction of sp³-hybridized carbons (Fsp3) is 0.571. The maximum Gasteiger partial charge on any atom is 0.166 e. The highest BCUT2D eigenvalue weighted by molar-refractivity contribution is 5.49. The number of methoxy groups -OCH3 is 1. The van der Waals surface area contributed by atoms with Crippen LogP contribution in [0.2, 0.25) is 0 Å². The lowest BCUT2D eigenvalue weighted by Crippen LogP contribution is -2.50. The van der Waals surface area contributed by atoms with E-state index in [2.05, 4.69) is 11.0 Å². The Labute approximate surface area is 113 Å². The number of nitrogens with two attached hydrogens (primary N) is 1. The van der Waals surface area contributed by atoms with E-state index in [0.29, 0.717) is 6.61 Å². The first-order chi connectivity index (χ1) is 9.31. The summed E-state index contributed by atoms with van der Waals surface area (Å²) in [4.78, 5) is 2.38. The average Bonchev–Trinajstić information content (AvgIpc) is 2.47. The fourth-order valence-electron chi connectivity index (χ4n) is 2.91. The lowest BCUT2D eigenvalue weighted by molar-refractivity contribution is 0.00112. The maximum absolute atomic E-state index is 6.27. The smallest absolute Gasteiger partial charge is 0.166 e. The van der Waals surface area contributed by atoms with Crippen molar-refractivity contribution in [3.8, 4) is 11.5 Å². The van der Waals surface area contributed by atoms with E-state index in [0.717, 1.165) is 43.4 Å². The van der Waals surface area contributed by atoms with Crippen LogP contribution in [0.25, 0.3) is 0 Å².